The molecule has 0 aliphatic carbocycles. The molecule has 0 spiro atoms. The Morgan fingerprint density at radius 3 is 2.53 bits per heavy atom. The molecule has 1 fully saturated rings. The van der Waals surface area contributed by atoms with Crippen molar-refractivity contribution in [3.05, 3.63) is 21.4 Å². The lowest BCUT2D eigenvalue weighted by atomic mass is 9.96. The summed E-state index contributed by atoms with van der Waals surface area (Å²) in [6.45, 7) is 9.92. The predicted molar refractivity (Wildman–Crippen MR) is 75.6 cm³/mol. The van der Waals surface area contributed by atoms with E-state index in [0.717, 1.165) is 12.5 Å². The third-order valence-electron chi connectivity index (χ3n) is 3.92. The van der Waals surface area contributed by atoms with E-state index in [4.69, 9.17) is 5.73 Å². The molecule has 1 aliphatic rings. The molecule has 1 aromatic heterocycles. The van der Waals surface area contributed by atoms with Gasteiger partial charge >= 0.3 is 0 Å². The molecule has 17 heavy (non-hydrogen) atoms. The van der Waals surface area contributed by atoms with Crippen molar-refractivity contribution >= 4 is 11.3 Å². The van der Waals surface area contributed by atoms with Gasteiger partial charge in [0.05, 0.1) is 0 Å². The van der Waals surface area contributed by atoms with Crippen LogP contribution < -0.4 is 5.73 Å². The molecule has 1 atom stereocenters. The molecule has 96 valence electrons. The standard InChI is InChI=1S/C14H24N2S/c1-10-4-6-16(7-5-10)14(9-15)13-8-11(2)17-12(13)3/h8,10,14H,4-7,9,15H2,1-3H3. The molecule has 0 bridgehead atoms. The fourth-order valence-corrected chi connectivity index (χ4v) is 3.78. The summed E-state index contributed by atoms with van der Waals surface area (Å²) in [5.74, 6) is 0.884. The Balaban J connectivity index is 2.13. The summed E-state index contributed by atoms with van der Waals surface area (Å²) in [6.07, 6.45) is 2.64. The number of nitrogens with zero attached hydrogens (tertiary/aromatic N) is 1. The smallest absolute Gasteiger partial charge is 0.0481 e. The third kappa shape index (κ3) is 2.90. The van der Waals surface area contributed by atoms with E-state index < -0.39 is 0 Å². The summed E-state index contributed by atoms with van der Waals surface area (Å²) in [5, 5.41) is 0. The molecule has 3 heteroatoms. The fraction of sp³-hybridized carbons (Fsp3) is 0.714. The minimum absolute atomic E-state index is 0.437. The van der Waals surface area contributed by atoms with Crippen molar-refractivity contribution in [1.82, 2.24) is 4.90 Å². The van der Waals surface area contributed by atoms with Gasteiger partial charge in [-0.05, 0) is 57.3 Å². The maximum Gasteiger partial charge on any atom is 0.0481 e. The number of hydrogen-bond acceptors (Lipinski definition) is 3. The largest absolute Gasteiger partial charge is 0.329 e. The van der Waals surface area contributed by atoms with E-state index in [9.17, 15) is 0 Å². The molecule has 2 rings (SSSR count). The van der Waals surface area contributed by atoms with Gasteiger partial charge in [-0.3, -0.25) is 4.90 Å². The lowest BCUT2D eigenvalue weighted by Crippen LogP contribution is -2.39. The van der Waals surface area contributed by atoms with Crippen LogP contribution in [0, 0.1) is 19.8 Å². The molecular formula is C14H24N2S. The molecule has 1 saturated heterocycles. The number of rotatable bonds is 3. The Labute approximate surface area is 109 Å². The maximum atomic E-state index is 6.01. The van der Waals surface area contributed by atoms with Crippen LogP contribution >= 0.6 is 11.3 Å². The second-order valence-electron chi connectivity index (χ2n) is 5.34. The van der Waals surface area contributed by atoms with E-state index in [2.05, 4.69) is 31.7 Å². The Bertz CT molecular complexity index is 364. The van der Waals surface area contributed by atoms with E-state index >= 15 is 0 Å². The fourth-order valence-electron chi connectivity index (χ4n) is 2.79. The summed E-state index contributed by atoms with van der Waals surface area (Å²) in [6, 6.07) is 2.77. The van der Waals surface area contributed by atoms with Crippen LogP contribution in [0.2, 0.25) is 0 Å². The van der Waals surface area contributed by atoms with Gasteiger partial charge < -0.3 is 5.73 Å². The monoisotopic (exact) mass is 252 g/mol. The van der Waals surface area contributed by atoms with E-state index in [0.29, 0.717) is 6.04 Å². The van der Waals surface area contributed by atoms with E-state index in [-0.39, 0.29) is 0 Å². The zero-order valence-electron chi connectivity index (χ0n) is 11.2. The molecule has 1 aliphatic heterocycles. The van der Waals surface area contributed by atoms with Crippen LogP contribution in [0.5, 0.6) is 0 Å². The van der Waals surface area contributed by atoms with E-state index in [1.807, 2.05) is 11.3 Å². The van der Waals surface area contributed by atoms with E-state index in [1.165, 1.54) is 41.2 Å². The molecule has 1 unspecified atom stereocenters. The summed E-state index contributed by atoms with van der Waals surface area (Å²) in [4.78, 5) is 5.42. The highest BCUT2D eigenvalue weighted by Crippen LogP contribution is 2.32. The summed E-state index contributed by atoms with van der Waals surface area (Å²) in [5.41, 5.74) is 7.47. The van der Waals surface area contributed by atoms with Crippen LogP contribution in [0.1, 0.15) is 41.1 Å². The van der Waals surface area contributed by atoms with Crippen molar-refractivity contribution in [2.24, 2.45) is 11.7 Å². The average molecular weight is 252 g/mol. The number of thiophene rings is 1. The third-order valence-corrected chi connectivity index (χ3v) is 4.90. The highest BCUT2D eigenvalue weighted by molar-refractivity contribution is 7.12. The minimum atomic E-state index is 0.437. The van der Waals surface area contributed by atoms with Crippen molar-refractivity contribution in [3.8, 4) is 0 Å². The number of piperidine rings is 1. The Morgan fingerprint density at radius 1 is 1.41 bits per heavy atom. The molecule has 0 aromatic carbocycles. The highest BCUT2D eigenvalue weighted by Gasteiger charge is 2.25. The zero-order valence-corrected chi connectivity index (χ0v) is 12.0. The van der Waals surface area contributed by atoms with Gasteiger partial charge in [0.15, 0.2) is 0 Å². The molecular weight excluding hydrogens is 228 g/mol. The lowest BCUT2D eigenvalue weighted by molar-refractivity contribution is 0.141. The van der Waals surface area contributed by atoms with Gasteiger partial charge in [0.2, 0.25) is 0 Å². The first kappa shape index (κ1) is 13.1. The van der Waals surface area contributed by atoms with Gasteiger partial charge in [0.1, 0.15) is 0 Å². The molecule has 0 saturated carbocycles. The van der Waals surface area contributed by atoms with Crippen molar-refractivity contribution < 1.29 is 0 Å². The van der Waals surface area contributed by atoms with Gasteiger partial charge in [0.25, 0.3) is 0 Å². The van der Waals surface area contributed by atoms with Gasteiger partial charge in [-0.25, -0.2) is 0 Å². The Hall–Kier alpha value is -0.380. The van der Waals surface area contributed by atoms with Crippen LogP contribution in [-0.4, -0.2) is 24.5 Å². The highest BCUT2D eigenvalue weighted by atomic mass is 32.1. The molecule has 2 heterocycles. The van der Waals surface area contributed by atoms with Crippen LogP contribution in [0.3, 0.4) is 0 Å². The van der Waals surface area contributed by atoms with Gasteiger partial charge in [-0.15, -0.1) is 11.3 Å². The normalized spacial score (nSPS) is 20.7. The average Bonchev–Trinajstić information content (AvgIpc) is 2.62. The van der Waals surface area contributed by atoms with E-state index in [1.54, 1.807) is 0 Å². The van der Waals surface area contributed by atoms with Crippen LogP contribution in [0.25, 0.3) is 0 Å². The Morgan fingerprint density at radius 2 is 2.06 bits per heavy atom. The van der Waals surface area contributed by atoms with Gasteiger partial charge in [-0.2, -0.15) is 0 Å². The Kier molecular flexibility index (Phi) is 4.23. The number of aryl methyl sites for hydroxylation is 2. The summed E-state index contributed by atoms with van der Waals surface area (Å²) in [7, 11) is 0. The SMILES string of the molecule is Cc1cc(C(CN)N2CCC(C)CC2)c(C)s1. The summed E-state index contributed by atoms with van der Waals surface area (Å²) >= 11 is 1.90. The minimum Gasteiger partial charge on any atom is -0.329 e. The predicted octanol–water partition coefficient (Wildman–Crippen LogP) is 3.10. The molecule has 0 radical (unpaired) electrons. The van der Waals surface area contributed by atoms with Crippen molar-refractivity contribution in [1.29, 1.82) is 0 Å². The molecule has 2 nitrogen and oxygen atoms in total. The quantitative estimate of drug-likeness (QED) is 0.895. The van der Waals surface area contributed by atoms with Crippen LogP contribution in [0.15, 0.2) is 6.07 Å². The first-order chi connectivity index (χ1) is 8.11. The van der Waals surface area contributed by atoms with Gasteiger partial charge in [0, 0.05) is 22.3 Å². The molecule has 2 N–H and O–H groups in total. The second-order valence-corrected chi connectivity index (χ2v) is 6.80. The first-order valence-corrected chi connectivity index (χ1v) is 7.44. The summed E-state index contributed by atoms with van der Waals surface area (Å²) < 4.78 is 0. The van der Waals surface area contributed by atoms with Gasteiger partial charge in [-0.1, -0.05) is 6.92 Å². The lowest BCUT2D eigenvalue weighted by Gasteiger charge is -2.36. The first-order valence-electron chi connectivity index (χ1n) is 6.63. The maximum absolute atomic E-state index is 6.01. The zero-order chi connectivity index (χ0) is 12.4. The number of likely N-dealkylation sites (tertiary alicyclic amines) is 1. The van der Waals surface area contributed by atoms with Crippen LogP contribution in [0.4, 0.5) is 0 Å². The van der Waals surface area contributed by atoms with Crippen molar-refractivity contribution in [3.63, 3.8) is 0 Å². The molecule has 1 aromatic rings. The van der Waals surface area contributed by atoms with Crippen molar-refractivity contribution in [2.75, 3.05) is 19.6 Å². The van der Waals surface area contributed by atoms with Crippen molar-refractivity contribution in [2.45, 2.75) is 39.7 Å². The number of nitrogens with two attached hydrogens (primary N) is 1. The second kappa shape index (κ2) is 5.51. The van der Waals surface area contributed by atoms with Crippen LogP contribution in [-0.2, 0) is 0 Å². The number of hydrogen-bond donors (Lipinski definition) is 1. The topological polar surface area (TPSA) is 29.3 Å². The molecule has 0 amide bonds.